The van der Waals surface area contributed by atoms with Gasteiger partial charge in [0.25, 0.3) is 0 Å². The number of hydrogen-bond donors (Lipinski definition) is 2. The van der Waals surface area contributed by atoms with Gasteiger partial charge in [0.1, 0.15) is 0 Å². The van der Waals surface area contributed by atoms with Gasteiger partial charge in [0.2, 0.25) is 0 Å². The summed E-state index contributed by atoms with van der Waals surface area (Å²) in [5.41, 5.74) is 1.37. The second-order valence-electron chi connectivity index (χ2n) is 5.82. The van der Waals surface area contributed by atoms with Crippen LogP contribution in [-0.4, -0.2) is 43.6 Å². The topological polar surface area (TPSA) is 39.7 Å². The lowest BCUT2D eigenvalue weighted by Crippen LogP contribution is -2.38. The fraction of sp³-hybridized carbons (Fsp3) is 0.611. The molecule has 1 unspecified atom stereocenters. The van der Waals surface area contributed by atoms with E-state index in [0.29, 0.717) is 6.04 Å². The highest BCUT2D eigenvalue weighted by Crippen LogP contribution is 2.25. The van der Waals surface area contributed by atoms with Gasteiger partial charge < -0.3 is 10.6 Å². The van der Waals surface area contributed by atoms with E-state index in [1.807, 2.05) is 0 Å². The fourth-order valence-electron chi connectivity index (χ4n) is 2.92. The first-order valence-electron chi connectivity index (χ1n) is 8.66. The number of hydrogen-bond acceptors (Lipinski definition) is 2. The summed E-state index contributed by atoms with van der Waals surface area (Å²) in [6, 6.07) is 11.2. The van der Waals surface area contributed by atoms with Gasteiger partial charge in [-0.05, 0) is 44.8 Å². The minimum Gasteiger partial charge on any atom is -0.357 e. The predicted molar refractivity (Wildman–Crippen MR) is 110 cm³/mol. The SMILES string of the molecule is CCCNC(=NCC(c1ccccc1)N1CCCC1)NCC.I. The number of halogens is 1. The van der Waals surface area contributed by atoms with Crippen LogP contribution in [0.25, 0.3) is 0 Å². The van der Waals surface area contributed by atoms with Crippen molar-refractivity contribution in [3.8, 4) is 0 Å². The normalized spacial score (nSPS) is 16.7. The Kier molecular flexibility index (Phi) is 10.3. The zero-order valence-electron chi connectivity index (χ0n) is 14.4. The van der Waals surface area contributed by atoms with Crippen molar-refractivity contribution in [1.29, 1.82) is 0 Å². The van der Waals surface area contributed by atoms with Gasteiger partial charge in [-0.15, -0.1) is 24.0 Å². The molecular weight excluding hydrogens is 399 g/mol. The molecular formula is C18H31IN4. The van der Waals surface area contributed by atoms with Gasteiger partial charge in [0.05, 0.1) is 12.6 Å². The monoisotopic (exact) mass is 430 g/mol. The van der Waals surface area contributed by atoms with E-state index in [9.17, 15) is 0 Å². The van der Waals surface area contributed by atoms with Crippen LogP contribution in [0.5, 0.6) is 0 Å². The molecule has 0 bridgehead atoms. The van der Waals surface area contributed by atoms with E-state index in [0.717, 1.165) is 32.0 Å². The number of likely N-dealkylation sites (tertiary alicyclic amines) is 1. The van der Waals surface area contributed by atoms with E-state index in [4.69, 9.17) is 4.99 Å². The van der Waals surface area contributed by atoms with Crippen LogP contribution in [0.15, 0.2) is 35.3 Å². The molecule has 0 aromatic heterocycles. The number of nitrogens with zero attached hydrogens (tertiary/aromatic N) is 2. The first kappa shape index (κ1) is 20.2. The second-order valence-corrected chi connectivity index (χ2v) is 5.82. The summed E-state index contributed by atoms with van der Waals surface area (Å²) in [5, 5.41) is 6.72. The van der Waals surface area contributed by atoms with Crippen molar-refractivity contribution < 1.29 is 0 Å². The molecule has 23 heavy (non-hydrogen) atoms. The van der Waals surface area contributed by atoms with Crippen molar-refractivity contribution in [2.75, 3.05) is 32.7 Å². The Morgan fingerprint density at radius 2 is 1.83 bits per heavy atom. The molecule has 0 aliphatic carbocycles. The molecule has 1 aliphatic rings. The Morgan fingerprint density at radius 1 is 1.13 bits per heavy atom. The lowest BCUT2D eigenvalue weighted by atomic mass is 10.1. The molecule has 0 radical (unpaired) electrons. The largest absolute Gasteiger partial charge is 0.357 e. The predicted octanol–water partition coefficient (Wildman–Crippen LogP) is 3.41. The fourth-order valence-corrected chi connectivity index (χ4v) is 2.92. The highest BCUT2D eigenvalue weighted by molar-refractivity contribution is 14.0. The van der Waals surface area contributed by atoms with Crippen LogP contribution in [0, 0.1) is 0 Å². The van der Waals surface area contributed by atoms with Crippen molar-refractivity contribution in [2.24, 2.45) is 4.99 Å². The Morgan fingerprint density at radius 3 is 2.43 bits per heavy atom. The summed E-state index contributed by atoms with van der Waals surface area (Å²) < 4.78 is 0. The first-order valence-corrected chi connectivity index (χ1v) is 8.66. The van der Waals surface area contributed by atoms with E-state index >= 15 is 0 Å². The third-order valence-corrected chi connectivity index (χ3v) is 4.07. The standard InChI is InChI=1S/C18H30N4.HI/c1-3-12-20-18(19-4-2)21-15-17(22-13-8-9-14-22)16-10-6-5-7-11-16;/h5-7,10-11,17H,3-4,8-9,12-15H2,1-2H3,(H2,19,20,21);1H. The molecule has 1 atom stereocenters. The average molecular weight is 430 g/mol. The minimum absolute atomic E-state index is 0. The number of aliphatic imine (C=N–C) groups is 1. The maximum Gasteiger partial charge on any atom is 0.191 e. The van der Waals surface area contributed by atoms with Crippen molar-refractivity contribution in [2.45, 2.75) is 39.2 Å². The van der Waals surface area contributed by atoms with Gasteiger partial charge >= 0.3 is 0 Å². The van der Waals surface area contributed by atoms with Gasteiger partial charge in [-0.25, -0.2) is 0 Å². The Bertz CT molecular complexity index is 444. The average Bonchev–Trinajstić information content (AvgIpc) is 3.08. The van der Waals surface area contributed by atoms with E-state index in [1.165, 1.54) is 31.5 Å². The third-order valence-electron chi connectivity index (χ3n) is 4.07. The number of guanidine groups is 1. The van der Waals surface area contributed by atoms with Crippen molar-refractivity contribution in [3.63, 3.8) is 0 Å². The van der Waals surface area contributed by atoms with Crippen LogP contribution in [0.4, 0.5) is 0 Å². The minimum atomic E-state index is 0. The van der Waals surface area contributed by atoms with E-state index in [2.05, 4.69) is 59.7 Å². The molecule has 2 rings (SSSR count). The molecule has 0 amide bonds. The highest BCUT2D eigenvalue weighted by atomic mass is 127. The van der Waals surface area contributed by atoms with Crippen LogP contribution in [-0.2, 0) is 0 Å². The van der Waals surface area contributed by atoms with Gasteiger partial charge in [0, 0.05) is 13.1 Å². The lowest BCUT2D eigenvalue weighted by Gasteiger charge is -2.27. The molecule has 4 nitrogen and oxygen atoms in total. The smallest absolute Gasteiger partial charge is 0.191 e. The summed E-state index contributed by atoms with van der Waals surface area (Å²) in [7, 11) is 0. The molecule has 1 aromatic carbocycles. The summed E-state index contributed by atoms with van der Waals surface area (Å²) in [6.07, 6.45) is 3.72. The number of benzene rings is 1. The third kappa shape index (κ3) is 6.67. The molecule has 130 valence electrons. The maximum absolute atomic E-state index is 4.83. The van der Waals surface area contributed by atoms with Gasteiger partial charge in [-0.2, -0.15) is 0 Å². The molecule has 1 saturated heterocycles. The maximum atomic E-state index is 4.83. The summed E-state index contributed by atoms with van der Waals surface area (Å²) in [6.45, 7) is 9.33. The van der Waals surface area contributed by atoms with Gasteiger partial charge in [-0.3, -0.25) is 9.89 Å². The zero-order valence-corrected chi connectivity index (χ0v) is 16.8. The van der Waals surface area contributed by atoms with E-state index in [-0.39, 0.29) is 24.0 Å². The summed E-state index contributed by atoms with van der Waals surface area (Å²) >= 11 is 0. The Labute approximate surface area is 158 Å². The van der Waals surface area contributed by atoms with Gasteiger partial charge in [-0.1, -0.05) is 37.3 Å². The second kappa shape index (κ2) is 11.7. The van der Waals surface area contributed by atoms with Crippen LogP contribution in [0.2, 0.25) is 0 Å². The van der Waals surface area contributed by atoms with Crippen molar-refractivity contribution in [1.82, 2.24) is 15.5 Å². The number of nitrogens with one attached hydrogen (secondary N) is 2. The summed E-state index contributed by atoms with van der Waals surface area (Å²) in [5.74, 6) is 0.935. The zero-order chi connectivity index (χ0) is 15.6. The summed E-state index contributed by atoms with van der Waals surface area (Å²) in [4.78, 5) is 7.40. The highest BCUT2D eigenvalue weighted by Gasteiger charge is 2.23. The molecule has 1 aromatic rings. The van der Waals surface area contributed by atoms with Gasteiger partial charge in [0.15, 0.2) is 5.96 Å². The first-order chi connectivity index (χ1) is 10.8. The van der Waals surface area contributed by atoms with Crippen LogP contribution in [0.1, 0.15) is 44.7 Å². The van der Waals surface area contributed by atoms with Crippen LogP contribution in [0.3, 0.4) is 0 Å². The molecule has 0 saturated carbocycles. The number of rotatable bonds is 7. The molecule has 1 heterocycles. The van der Waals surface area contributed by atoms with E-state index < -0.39 is 0 Å². The molecule has 1 aliphatic heterocycles. The van der Waals surface area contributed by atoms with Crippen LogP contribution < -0.4 is 10.6 Å². The quantitative estimate of drug-likeness (QED) is 0.396. The molecule has 0 spiro atoms. The Hall–Kier alpha value is -0.820. The van der Waals surface area contributed by atoms with Crippen LogP contribution >= 0.6 is 24.0 Å². The van der Waals surface area contributed by atoms with E-state index in [1.54, 1.807) is 0 Å². The molecule has 1 fully saturated rings. The molecule has 2 N–H and O–H groups in total. The molecule has 5 heteroatoms. The lowest BCUT2D eigenvalue weighted by molar-refractivity contribution is 0.251. The Balaban J connectivity index is 0.00000264. The van der Waals surface area contributed by atoms with Crippen molar-refractivity contribution in [3.05, 3.63) is 35.9 Å². The van der Waals surface area contributed by atoms with Crippen molar-refractivity contribution >= 4 is 29.9 Å².